The Hall–Kier alpha value is -2.27. The molecule has 1 aromatic heterocycles. The van der Waals surface area contributed by atoms with Gasteiger partial charge in [0, 0.05) is 32.0 Å². The molecular weight excluding hydrogens is 240 g/mol. The monoisotopic (exact) mass is 258 g/mol. The van der Waals surface area contributed by atoms with Crippen LogP contribution in [-0.2, 0) is 6.61 Å². The smallest absolute Gasteiger partial charge is 0.140 e. The second-order valence-corrected chi connectivity index (χ2v) is 4.37. The summed E-state index contributed by atoms with van der Waals surface area (Å²) in [5.41, 5.74) is 4.64. The highest BCUT2D eigenvalue weighted by Gasteiger charge is 2.00. The first kappa shape index (κ1) is 13.2. The molecule has 0 aliphatic heterocycles. The zero-order chi connectivity index (χ0) is 13.7. The van der Waals surface area contributed by atoms with Gasteiger partial charge in [-0.3, -0.25) is 0 Å². The Labute approximate surface area is 113 Å². The molecule has 3 N–H and O–H groups in total. The van der Waals surface area contributed by atoms with Crippen LogP contribution in [0.15, 0.2) is 42.6 Å². The predicted octanol–water partition coefficient (Wildman–Crippen LogP) is 2.01. The molecule has 0 unspecified atom stereocenters. The minimum atomic E-state index is 0.480. The summed E-state index contributed by atoms with van der Waals surface area (Å²) in [5.74, 6) is 6.79. The number of aromatic nitrogens is 1. The lowest BCUT2D eigenvalue weighted by Gasteiger charge is -2.14. The van der Waals surface area contributed by atoms with Gasteiger partial charge < -0.3 is 15.1 Å². The number of nitrogens with two attached hydrogens (primary N) is 1. The van der Waals surface area contributed by atoms with Gasteiger partial charge in [-0.2, -0.15) is 0 Å². The Bertz CT molecular complexity index is 542. The van der Waals surface area contributed by atoms with E-state index in [-0.39, 0.29) is 0 Å². The number of ether oxygens (including phenoxy) is 1. The van der Waals surface area contributed by atoms with Gasteiger partial charge in [0.1, 0.15) is 18.2 Å². The summed E-state index contributed by atoms with van der Waals surface area (Å²) in [5, 5.41) is 0. The lowest BCUT2D eigenvalue weighted by molar-refractivity contribution is 0.306. The molecule has 2 rings (SSSR count). The van der Waals surface area contributed by atoms with Crippen LogP contribution in [0.25, 0.3) is 0 Å². The Morgan fingerprint density at radius 1 is 1.26 bits per heavy atom. The summed E-state index contributed by atoms with van der Waals surface area (Å²) < 4.78 is 5.76. The number of nitrogens with zero attached hydrogens (tertiary/aromatic N) is 2. The predicted molar refractivity (Wildman–Crippen MR) is 77.1 cm³/mol. The second kappa shape index (κ2) is 6.06. The van der Waals surface area contributed by atoms with Gasteiger partial charge in [0.15, 0.2) is 0 Å². The Morgan fingerprint density at radius 2 is 2.11 bits per heavy atom. The lowest BCUT2D eigenvalue weighted by atomic mass is 10.2. The minimum absolute atomic E-state index is 0.480. The van der Waals surface area contributed by atoms with Crippen LogP contribution in [0.3, 0.4) is 0 Å². The van der Waals surface area contributed by atoms with E-state index in [0.717, 1.165) is 17.0 Å². The molecule has 0 radical (unpaired) electrons. The fourth-order valence-electron chi connectivity index (χ4n) is 1.66. The Balaban J connectivity index is 2.03. The van der Waals surface area contributed by atoms with Crippen LogP contribution in [0.2, 0.25) is 0 Å². The van der Waals surface area contributed by atoms with Crippen LogP contribution in [0.5, 0.6) is 5.75 Å². The molecule has 2 aromatic rings. The summed E-state index contributed by atoms with van der Waals surface area (Å²) in [4.78, 5) is 6.09. The summed E-state index contributed by atoms with van der Waals surface area (Å²) in [7, 11) is 4.00. The second-order valence-electron chi connectivity index (χ2n) is 4.37. The molecule has 0 amide bonds. The third kappa shape index (κ3) is 3.59. The fourth-order valence-corrected chi connectivity index (χ4v) is 1.66. The van der Waals surface area contributed by atoms with E-state index in [1.54, 1.807) is 6.20 Å². The zero-order valence-corrected chi connectivity index (χ0v) is 11.1. The van der Waals surface area contributed by atoms with Crippen molar-refractivity contribution < 1.29 is 4.74 Å². The number of hydrogen-bond acceptors (Lipinski definition) is 5. The molecule has 0 aliphatic rings. The van der Waals surface area contributed by atoms with Crippen molar-refractivity contribution in [2.75, 3.05) is 24.4 Å². The number of rotatable bonds is 5. The van der Waals surface area contributed by atoms with Gasteiger partial charge in [0.05, 0.1) is 0 Å². The maximum Gasteiger partial charge on any atom is 0.140 e. The number of nitrogen functional groups attached to an aromatic ring is 1. The van der Waals surface area contributed by atoms with E-state index >= 15 is 0 Å². The lowest BCUT2D eigenvalue weighted by Crippen LogP contribution is -2.09. The first-order chi connectivity index (χ1) is 9.19. The average Bonchev–Trinajstić information content (AvgIpc) is 2.45. The molecule has 0 bridgehead atoms. The van der Waals surface area contributed by atoms with Crippen molar-refractivity contribution in [1.29, 1.82) is 0 Å². The van der Waals surface area contributed by atoms with E-state index in [4.69, 9.17) is 10.6 Å². The molecular formula is C14H18N4O. The van der Waals surface area contributed by atoms with Crippen molar-refractivity contribution in [3.05, 3.63) is 48.2 Å². The molecule has 5 nitrogen and oxygen atoms in total. The van der Waals surface area contributed by atoms with Gasteiger partial charge in [-0.1, -0.05) is 6.07 Å². The van der Waals surface area contributed by atoms with E-state index in [2.05, 4.69) is 10.4 Å². The van der Waals surface area contributed by atoms with Gasteiger partial charge in [0.25, 0.3) is 0 Å². The van der Waals surface area contributed by atoms with E-state index in [1.165, 1.54) is 0 Å². The van der Waals surface area contributed by atoms with E-state index in [0.29, 0.717) is 12.4 Å². The molecule has 19 heavy (non-hydrogen) atoms. The SMILES string of the molecule is CN(C)c1cccc(OCc2ccnc(NN)c2)c1. The highest BCUT2D eigenvalue weighted by atomic mass is 16.5. The van der Waals surface area contributed by atoms with Crippen molar-refractivity contribution in [3.8, 4) is 5.75 Å². The topological polar surface area (TPSA) is 63.4 Å². The van der Waals surface area contributed by atoms with E-state index < -0.39 is 0 Å². The summed E-state index contributed by atoms with van der Waals surface area (Å²) in [6.07, 6.45) is 1.70. The quantitative estimate of drug-likeness (QED) is 0.634. The van der Waals surface area contributed by atoms with Crippen LogP contribution >= 0.6 is 0 Å². The number of anilines is 2. The summed E-state index contributed by atoms with van der Waals surface area (Å²) >= 11 is 0. The number of hydrazine groups is 1. The summed E-state index contributed by atoms with van der Waals surface area (Å²) in [6.45, 7) is 0.480. The van der Waals surface area contributed by atoms with Crippen LogP contribution in [0.4, 0.5) is 11.5 Å². The zero-order valence-electron chi connectivity index (χ0n) is 11.1. The molecule has 0 saturated heterocycles. The third-order valence-electron chi connectivity index (χ3n) is 2.71. The van der Waals surface area contributed by atoms with Crippen LogP contribution in [-0.4, -0.2) is 19.1 Å². The van der Waals surface area contributed by atoms with Gasteiger partial charge in [0.2, 0.25) is 0 Å². The maximum atomic E-state index is 5.76. The van der Waals surface area contributed by atoms with E-state index in [9.17, 15) is 0 Å². The van der Waals surface area contributed by atoms with Gasteiger partial charge in [-0.05, 0) is 29.8 Å². The molecule has 1 heterocycles. The number of nitrogens with one attached hydrogen (secondary N) is 1. The number of benzene rings is 1. The first-order valence-electron chi connectivity index (χ1n) is 6.01. The van der Waals surface area contributed by atoms with Gasteiger partial charge >= 0.3 is 0 Å². The van der Waals surface area contributed by atoms with E-state index in [1.807, 2.05) is 55.4 Å². The van der Waals surface area contributed by atoms with Gasteiger partial charge in [-0.15, -0.1) is 0 Å². The molecule has 0 atom stereocenters. The van der Waals surface area contributed by atoms with Gasteiger partial charge in [-0.25, -0.2) is 10.8 Å². The maximum absolute atomic E-state index is 5.76. The van der Waals surface area contributed by atoms with Crippen LogP contribution in [0, 0.1) is 0 Å². The number of hydrogen-bond donors (Lipinski definition) is 2. The fraction of sp³-hybridized carbons (Fsp3) is 0.214. The molecule has 100 valence electrons. The third-order valence-corrected chi connectivity index (χ3v) is 2.71. The highest BCUT2D eigenvalue weighted by Crippen LogP contribution is 2.20. The average molecular weight is 258 g/mol. The van der Waals surface area contributed by atoms with Crippen LogP contribution in [0.1, 0.15) is 5.56 Å². The van der Waals surface area contributed by atoms with Crippen molar-refractivity contribution in [3.63, 3.8) is 0 Å². The highest BCUT2D eigenvalue weighted by molar-refractivity contribution is 5.49. The van der Waals surface area contributed by atoms with Crippen molar-refractivity contribution in [2.45, 2.75) is 6.61 Å². The van der Waals surface area contributed by atoms with Crippen molar-refractivity contribution >= 4 is 11.5 Å². The molecule has 5 heteroatoms. The van der Waals surface area contributed by atoms with Crippen molar-refractivity contribution in [1.82, 2.24) is 4.98 Å². The molecule has 0 saturated carbocycles. The molecule has 0 aliphatic carbocycles. The number of pyridine rings is 1. The normalized spacial score (nSPS) is 10.1. The standard InChI is InChI=1S/C14H18N4O/c1-18(2)12-4-3-5-13(9-12)19-10-11-6-7-16-14(8-11)17-15/h3-9H,10,15H2,1-2H3,(H,16,17). The molecule has 0 spiro atoms. The Kier molecular flexibility index (Phi) is 4.20. The molecule has 0 fully saturated rings. The first-order valence-corrected chi connectivity index (χ1v) is 6.01. The minimum Gasteiger partial charge on any atom is -0.489 e. The van der Waals surface area contributed by atoms with Crippen LogP contribution < -0.4 is 20.9 Å². The van der Waals surface area contributed by atoms with Crippen molar-refractivity contribution in [2.24, 2.45) is 5.84 Å². The largest absolute Gasteiger partial charge is 0.489 e. The molecule has 1 aromatic carbocycles. The Morgan fingerprint density at radius 3 is 2.84 bits per heavy atom. The summed E-state index contributed by atoms with van der Waals surface area (Å²) in [6, 6.07) is 11.7.